The lowest BCUT2D eigenvalue weighted by atomic mass is 9.91. The van der Waals surface area contributed by atoms with Crippen LogP contribution in [-0.2, 0) is 24.2 Å². The first-order valence-electron chi connectivity index (χ1n) is 9.05. The van der Waals surface area contributed by atoms with E-state index in [1.165, 1.54) is 38.7 Å². The van der Waals surface area contributed by atoms with Crippen molar-refractivity contribution in [1.82, 2.24) is 9.38 Å². The summed E-state index contributed by atoms with van der Waals surface area (Å²) in [5.41, 5.74) is 3.81. The second kappa shape index (κ2) is 7.13. The van der Waals surface area contributed by atoms with Gasteiger partial charge in [0.2, 0.25) is 0 Å². The molecule has 1 aliphatic rings. The Kier molecular flexibility index (Phi) is 4.44. The number of ether oxygens (including phenoxy) is 2. The highest BCUT2D eigenvalue weighted by Gasteiger charge is 2.23. The number of carbonyl (C=O) groups excluding carboxylic acids is 1. The molecular formula is C21H16N2O4S2. The second-order valence-electron chi connectivity index (χ2n) is 6.71. The third kappa shape index (κ3) is 3.24. The van der Waals surface area contributed by atoms with Crippen LogP contribution in [0.25, 0.3) is 15.4 Å². The third-order valence-electron chi connectivity index (χ3n) is 4.94. The van der Waals surface area contributed by atoms with Gasteiger partial charge in [0, 0.05) is 22.5 Å². The van der Waals surface area contributed by atoms with Crippen LogP contribution in [0.5, 0.6) is 5.75 Å². The van der Waals surface area contributed by atoms with Gasteiger partial charge in [0.1, 0.15) is 17.2 Å². The van der Waals surface area contributed by atoms with E-state index >= 15 is 0 Å². The average molecular weight is 425 g/mol. The van der Waals surface area contributed by atoms with Crippen molar-refractivity contribution in [2.24, 2.45) is 0 Å². The number of esters is 1. The van der Waals surface area contributed by atoms with E-state index in [0.717, 1.165) is 34.6 Å². The Hall–Kier alpha value is -2.97. The summed E-state index contributed by atoms with van der Waals surface area (Å²) >= 11 is 2.81. The Bertz CT molecular complexity index is 1300. The number of thiophene rings is 1. The Morgan fingerprint density at radius 2 is 2.07 bits per heavy atom. The number of methoxy groups -OCH3 is 1. The van der Waals surface area contributed by atoms with Crippen molar-refractivity contribution in [3.63, 3.8) is 0 Å². The number of aryl methyl sites for hydroxylation is 2. The van der Waals surface area contributed by atoms with Crippen molar-refractivity contribution >= 4 is 33.6 Å². The summed E-state index contributed by atoms with van der Waals surface area (Å²) < 4.78 is 12.2. The summed E-state index contributed by atoms with van der Waals surface area (Å²) in [6, 6.07) is 9.36. The molecule has 1 aliphatic carbocycles. The number of fused-ring (bicyclic) bond motifs is 4. The smallest absolute Gasteiger partial charge is 0.348 e. The van der Waals surface area contributed by atoms with Gasteiger partial charge in [-0.2, -0.15) is 0 Å². The first kappa shape index (κ1) is 18.1. The monoisotopic (exact) mass is 424 g/mol. The van der Waals surface area contributed by atoms with E-state index in [1.54, 1.807) is 18.7 Å². The van der Waals surface area contributed by atoms with Crippen molar-refractivity contribution in [2.45, 2.75) is 19.4 Å². The Labute approximate surface area is 174 Å². The largest absolute Gasteiger partial charge is 0.497 e. The van der Waals surface area contributed by atoms with Gasteiger partial charge >= 0.3 is 5.97 Å². The van der Waals surface area contributed by atoms with Crippen molar-refractivity contribution < 1.29 is 14.3 Å². The molecule has 0 atom stereocenters. The number of thiazole rings is 1. The van der Waals surface area contributed by atoms with Crippen LogP contribution in [-0.4, -0.2) is 22.5 Å². The molecule has 0 radical (unpaired) electrons. The van der Waals surface area contributed by atoms with E-state index in [2.05, 4.69) is 11.1 Å². The number of rotatable bonds is 4. The number of nitrogens with zero attached hydrogens (tertiary/aromatic N) is 2. The molecule has 6 nitrogen and oxygen atoms in total. The van der Waals surface area contributed by atoms with Gasteiger partial charge in [0.05, 0.1) is 12.8 Å². The lowest BCUT2D eigenvalue weighted by Gasteiger charge is -2.16. The molecule has 0 amide bonds. The maximum Gasteiger partial charge on any atom is 0.348 e. The van der Waals surface area contributed by atoms with Crippen LogP contribution in [0.1, 0.15) is 26.5 Å². The first-order chi connectivity index (χ1) is 14.1. The van der Waals surface area contributed by atoms with Crippen LogP contribution in [0, 0.1) is 0 Å². The van der Waals surface area contributed by atoms with Crippen LogP contribution >= 0.6 is 22.7 Å². The molecule has 4 aromatic rings. The molecule has 3 aromatic heterocycles. The second-order valence-corrected chi connectivity index (χ2v) is 8.63. The lowest BCUT2D eigenvalue weighted by Crippen LogP contribution is -2.14. The Morgan fingerprint density at radius 1 is 1.21 bits per heavy atom. The van der Waals surface area contributed by atoms with Crippen LogP contribution in [0.2, 0.25) is 0 Å². The minimum absolute atomic E-state index is 0.0289. The van der Waals surface area contributed by atoms with E-state index in [1.807, 2.05) is 18.2 Å². The van der Waals surface area contributed by atoms with Gasteiger partial charge in [-0.25, -0.2) is 9.78 Å². The van der Waals surface area contributed by atoms with Gasteiger partial charge in [0.25, 0.3) is 5.56 Å². The number of benzene rings is 1. The zero-order valence-corrected chi connectivity index (χ0v) is 17.1. The van der Waals surface area contributed by atoms with Crippen LogP contribution < -0.4 is 10.3 Å². The van der Waals surface area contributed by atoms with Crippen LogP contribution in [0.15, 0.2) is 46.7 Å². The van der Waals surface area contributed by atoms with E-state index < -0.39 is 5.97 Å². The SMILES string of the molecule is COc1ccc2c(c1)CCc1cc(C(=O)OCc3cc(=O)n4ccsc4n3)sc1-2. The fraction of sp³-hybridized carbons (Fsp3) is 0.190. The summed E-state index contributed by atoms with van der Waals surface area (Å²) in [6.45, 7) is -0.0289. The van der Waals surface area contributed by atoms with Gasteiger partial charge in [0.15, 0.2) is 4.96 Å². The molecule has 0 unspecified atom stereocenters. The van der Waals surface area contributed by atoms with E-state index in [0.29, 0.717) is 15.5 Å². The molecule has 0 saturated carbocycles. The summed E-state index contributed by atoms with van der Waals surface area (Å²) in [6.07, 6.45) is 3.47. The number of aromatic nitrogens is 2. The molecule has 0 spiro atoms. The maximum atomic E-state index is 12.6. The summed E-state index contributed by atoms with van der Waals surface area (Å²) in [5.74, 6) is 0.446. The molecule has 3 heterocycles. The average Bonchev–Trinajstić information content (AvgIpc) is 3.38. The van der Waals surface area contributed by atoms with Gasteiger partial charge in [-0.05, 0) is 53.8 Å². The maximum absolute atomic E-state index is 12.6. The van der Waals surface area contributed by atoms with E-state index in [9.17, 15) is 9.59 Å². The molecule has 0 bridgehead atoms. The van der Waals surface area contributed by atoms with Crippen molar-refractivity contribution in [3.8, 4) is 16.2 Å². The summed E-state index contributed by atoms with van der Waals surface area (Å²) in [7, 11) is 1.66. The van der Waals surface area contributed by atoms with Crippen molar-refractivity contribution in [1.29, 1.82) is 0 Å². The zero-order chi connectivity index (χ0) is 20.0. The van der Waals surface area contributed by atoms with E-state index in [-0.39, 0.29) is 12.2 Å². The van der Waals surface area contributed by atoms with Crippen molar-refractivity contribution in [2.75, 3.05) is 7.11 Å². The topological polar surface area (TPSA) is 69.9 Å². The standard InChI is InChI=1S/C21H16N2O4S2/c1-26-15-4-5-16-12(8-15)2-3-13-9-17(29-19(13)16)20(25)27-11-14-10-18(24)23-6-7-28-21(23)22-14/h4-10H,2-3,11H2,1H3. The normalized spacial score (nSPS) is 12.4. The molecule has 0 N–H and O–H groups in total. The van der Waals surface area contributed by atoms with Crippen molar-refractivity contribution in [3.05, 3.63) is 74.0 Å². The highest BCUT2D eigenvalue weighted by Crippen LogP contribution is 2.41. The highest BCUT2D eigenvalue weighted by molar-refractivity contribution is 7.17. The number of hydrogen-bond acceptors (Lipinski definition) is 7. The van der Waals surface area contributed by atoms with Gasteiger partial charge in [-0.3, -0.25) is 9.20 Å². The minimum Gasteiger partial charge on any atom is -0.497 e. The van der Waals surface area contributed by atoms with Gasteiger partial charge in [-0.15, -0.1) is 22.7 Å². The van der Waals surface area contributed by atoms with Gasteiger partial charge < -0.3 is 9.47 Å². The predicted octanol–water partition coefficient (Wildman–Crippen LogP) is 3.95. The molecule has 29 heavy (non-hydrogen) atoms. The molecule has 0 saturated heterocycles. The minimum atomic E-state index is -0.396. The van der Waals surface area contributed by atoms with Gasteiger partial charge in [-0.1, -0.05) is 0 Å². The molecule has 0 aliphatic heterocycles. The quantitative estimate of drug-likeness (QED) is 0.464. The first-order valence-corrected chi connectivity index (χ1v) is 10.7. The van der Waals surface area contributed by atoms with E-state index in [4.69, 9.17) is 9.47 Å². The fourth-order valence-corrected chi connectivity index (χ4v) is 5.41. The summed E-state index contributed by atoms with van der Waals surface area (Å²) in [4.78, 5) is 31.3. The highest BCUT2D eigenvalue weighted by atomic mass is 32.1. The fourth-order valence-electron chi connectivity index (χ4n) is 3.51. The molecule has 1 aromatic carbocycles. The van der Waals surface area contributed by atoms with Crippen LogP contribution in [0.4, 0.5) is 0 Å². The van der Waals surface area contributed by atoms with Crippen LogP contribution in [0.3, 0.4) is 0 Å². The molecule has 5 rings (SSSR count). The Morgan fingerprint density at radius 3 is 2.93 bits per heavy atom. The lowest BCUT2D eigenvalue weighted by molar-refractivity contribution is 0.0473. The molecular weight excluding hydrogens is 408 g/mol. The molecule has 8 heteroatoms. The number of hydrogen-bond donors (Lipinski definition) is 0. The number of carbonyl (C=O) groups is 1. The molecule has 0 fully saturated rings. The molecule has 146 valence electrons. The predicted molar refractivity (Wildman–Crippen MR) is 112 cm³/mol. The summed E-state index contributed by atoms with van der Waals surface area (Å²) in [5, 5.41) is 1.79. The Balaban J connectivity index is 1.37. The third-order valence-corrected chi connectivity index (χ3v) is 6.89. The zero-order valence-electron chi connectivity index (χ0n) is 15.5.